The first-order valence-corrected chi connectivity index (χ1v) is 7.33. The van der Waals surface area contributed by atoms with Gasteiger partial charge in [0.1, 0.15) is 5.82 Å². The molecule has 2 rings (SSSR count). The molecule has 1 unspecified atom stereocenters. The molecule has 2 N–H and O–H groups in total. The number of anilines is 1. The van der Waals surface area contributed by atoms with Gasteiger partial charge in [-0.15, -0.1) is 0 Å². The Hall–Kier alpha value is -1.23. The maximum absolute atomic E-state index is 11.0. The summed E-state index contributed by atoms with van der Waals surface area (Å²) in [6, 6.07) is 3.25. The van der Waals surface area contributed by atoms with Gasteiger partial charge < -0.3 is 10.4 Å². The Balaban J connectivity index is 2.05. The summed E-state index contributed by atoms with van der Waals surface area (Å²) in [7, 11) is 0. The average molecular weight is 266 g/mol. The lowest BCUT2D eigenvalue weighted by atomic mass is 10.2. The van der Waals surface area contributed by atoms with Crippen molar-refractivity contribution in [2.75, 3.05) is 17.6 Å². The zero-order chi connectivity index (χ0) is 13.0. The third-order valence-electron chi connectivity index (χ3n) is 3.02. The number of rotatable bonds is 5. The second-order valence-electron chi connectivity index (χ2n) is 4.41. The maximum atomic E-state index is 11.0. The van der Waals surface area contributed by atoms with Crippen LogP contribution in [0.2, 0.25) is 0 Å². The van der Waals surface area contributed by atoms with Crippen LogP contribution in [0.5, 0.6) is 0 Å². The van der Waals surface area contributed by atoms with E-state index in [1.165, 1.54) is 18.6 Å². The predicted molar refractivity (Wildman–Crippen MR) is 74.5 cm³/mol. The molecule has 5 heteroatoms. The first-order chi connectivity index (χ1) is 8.69. The summed E-state index contributed by atoms with van der Waals surface area (Å²) in [6.07, 6.45) is 3.25. The van der Waals surface area contributed by atoms with Crippen LogP contribution in [0, 0.1) is 0 Å². The SMILES string of the molecule is CCc1cc(C(=O)O)cc(NCC2CCCS2)n1. The summed E-state index contributed by atoms with van der Waals surface area (Å²) in [5.41, 5.74) is 1.12. The molecule has 1 aromatic heterocycles. The largest absolute Gasteiger partial charge is 0.478 e. The van der Waals surface area contributed by atoms with Crippen molar-refractivity contribution in [3.05, 3.63) is 23.4 Å². The van der Waals surface area contributed by atoms with E-state index >= 15 is 0 Å². The molecule has 1 aromatic rings. The van der Waals surface area contributed by atoms with Gasteiger partial charge in [0.25, 0.3) is 0 Å². The minimum absolute atomic E-state index is 0.309. The number of pyridine rings is 1. The molecule has 1 aliphatic rings. The number of carboxylic acid groups (broad SMARTS) is 1. The molecule has 1 fully saturated rings. The Kier molecular flexibility index (Phi) is 4.47. The highest BCUT2D eigenvalue weighted by Crippen LogP contribution is 2.26. The zero-order valence-electron chi connectivity index (χ0n) is 10.5. The monoisotopic (exact) mass is 266 g/mol. The number of nitrogens with zero attached hydrogens (tertiary/aromatic N) is 1. The fourth-order valence-corrected chi connectivity index (χ4v) is 3.21. The van der Waals surface area contributed by atoms with E-state index in [9.17, 15) is 4.79 Å². The molecule has 18 heavy (non-hydrogen) atoms. The standard InChI is InChI=1S/C13H18N2O2S/c1-2-10-6-9(13(16)17)7-12(15-10)14-8-11-4-3-5-18-11/h6-7,11H,2-5,8H2,1H3,(H,14,15)(H,16,17). The molecular weight excluding hydrogens is 248 g/mol. The minimum Gasteiger partial charge on any atom is -0.478 e. The average Bonchev–Trinajstić information content (AvgIpc) is 2.89. The Morgan fingerprint density at radius 2 is 2.44 bits per heavy atom. The third-order valence-corrected chi connectivity index (χ3v) is 4.42. The van der Waals surface area contributed by atoms with Gasteiger partial charge in [-0.3, -0.25) is 0 Å². The lowest BCUT2D eigenvalue weighted by Gasteiger charge is -2.12. The molecule has 2 heterocycles. The van der Waals surface area contributed by atoms with Gasteiger partial charge in [0, 0.05) is 17.5 Å². The molecule has 0 spiro atoms. The molecule has 98 valence electrons. The molecule has 0 bridgehead atoms. The van der Waals surface area contributed by atoms with Gasteiger partial charge >= 0.3 is 5.97 Å². The molecule has 1 aliphatic heterocycles. The normalized spacial score (nSPS) is 18.8. The van der Waals surface area contributed by atoms with Gasteiger partial charge in [-0.2, -0.15) is 11.8 Å². The summed E-state index contributed by atoms with van der Waals surface area (Å²) in [4.78, 5) is 15.4. The second kappa shape index (κ2) is 6.09. The van der Waals surface area contributed by atoms with Crippen molar-refractivity contribution in [2.24, 2.45) is 0 Å². The number of aromatic nitrogens is 1. The smallest absolute Gasteiger partial charge is 0.335 e. The van der Waals surface area contributed by atoms with Gasteiger partial charge in [0.15, 0.2) is 0 Å². The number of aromatic carboxylic acids is 1. The highest BCUT2D eigenvalue weighted by atomic mass is 32.2. The minimum atomic E-state index is -0.898. The van der Waals surface area contributed by atoms with Crippen LogP contribution >= 0.6 is 11.8 Å². The van der Waals surface area contributed by atoms with E-state index < -0.39 is 5.97 Å². The van der Waals surface area contributed by atoms with Crippen molar-refractivity contribution in [3.63, 3.8) is 0 Å². The molecule has 4 nitrogen and oxygen atoms in total. The molecule has 0 aromatic carbocycles. The molecular formula is C13H18N2O2S. The lowest BCUT2D eigenvalue weighted by molar-refractivity contribution is 0.0696. The summed E-state index contributed by atoms with van der Waals surface area (Å²) < 4.78 is 0. The van der Waals surface area contributed by atoms with Crippen molar-refractivity contribution in [2.45, 2.75) is 31.4 Å². The van der Waals surface area contributed by atoms with Crippen molar-refractivity contribution >= 4 is 23.5 Å². The summed E-state index contributed by atoms with van der Waals surface area (Å²) in [6.45, 7) is 2.84. The molecule has 0 radical (unpaired) electrons. The molecule has 0 amide bonds. The number of thioether (sulfide) groups is 1. The fraction of sp³-hybridized carbons (Fsp3) is 0.538. The third kappa shape index (κ3) is 3.38. The number of aryl methyl sites for hydroxylation is 1. The molecule has 0 aliphatic carbocycles. The van der Waals surface area contributed by atoms with E-state index in [4.69, 9.17) is 5.11 Å². The van der Waals surface area contributed by atoms with Crippen LogP contribution in [0.1, 0.15) is 35.8 Å². The maximum Gasteiger partial charge on any atom is 0.335 e. The van der Waals surface area contributed by atoms with Gasteiger partial charge in [-0.1, -0.05) is 6.92 Å². The lowest BCUT2D eigenvalue weighted by Crippen LogP contribution is -2.15. The van der Waals surface area contributed by atoms with Gasteiger partial charge in [0.2, 0.25) is 0 Å². The van der Waals surface area contributed by atoms with Gasteiger partial charge in [-0.25, -0.2) is 9.78 Å². The Bertz CT molecular complexity index is 431. The van der Waals surface area contributed by atoms with Crippen LogP contribution in [0.15, 0.2) is 12.1 Å². The van der Waals surface area contributed by atoms with E-state index in [1.807, 2.05) is 18.7 Å². The molecule has 1 saturated heterocycles. The Morgan fingerprint density at radius 1 is 1.61 bits per heavy atom. The van der Waals surface area contributed by atoms with Crippen LogP contribution < -0.4 is 5.32 Å². The molecule has 0 saturated carbocycles. The quantitative estimate of drug-likeness (QED) is 0.858. The van der Waals surface area contributed by atoms with E-state index in [0.29, 0.717) is 16.6 Å². The summed E-state index contributed by atoms with van der Waals surface area (Å²) in [5.74, 6) is 1.01. The van der Waals surface area contributed by atoms with E-state index in [1.54, 1.807) is 12.1 Å². The first-order valence-electron chi connectivity index (χ1n) is 6.28. The van der Waals surface area contributed by atoms with Crippen molar-refractivity contribution in [1.82, 2.24) is 4.98 Å². The second-order valence-corrected chi connectivity index (χ2v) is 5.82. The highest BCUT2D eigenvalue weighted by Gasteiger charge is 2.15. The number of carboxylic acids is 1. The number of nitrogens with one attached hydrogen (secondary N) is 1. The highest BCUT2D eigenvalue weighted by molar-refractivity contribution is 8.00. The van der Waals surface area contributed by atoms with E-state index in [0.717, 1.165) is 18.7 Å². The Labute approximate surface area is 111 Å². The zero-order valence-corrected chi connectivity index (χ0v) is 11.3. The van der Waals surface area contributed by atoms with Gasteiger partial charge in [-0.05, 0) is 37.1 Å². The van der Waals surface area contributed by atoms with Crippen LogP contribution in [-0.2, 0) is 6.42 Å². The number of hydrogen-bond donors (Lipinski definition) is 2. The van der Waals surface area contributed by atoms with E-state index in [-0.39, 0.29) is 0 Å². The fourth-order valence-electron chi connectivity index (χ4n) is 2.01. The summed E-state index contributed by atoms with van der Waals surface area (Å²) >= 11 is 1.98. The van der Waals surface area contributed by atoms with Gasteiger partial charge in [0.05, 0.1) is 5.56 Å². The van der Waals surface area contributed by atoms with Crippen LogP contribution in [0.4, 0.5) is 5.82 Å². The molecule has 1 atom stereocenters. The number of hydrogen-bond acceptors (Lipinski definition) is 4. The van der Waals surface area contributed by atoms with E-state index in [2.05, 4.69) is 10.3 Å². The van der Waals surface area contributed by atoms with Crippen molar-refractivity contribution in [1.29, 1.82) is 0 Å². The summed E-state index contributed by atoms with van der Waals surface area (Å²) in [5, 5.41) is 12.9. The van der Waals surface area contributed by atoms with Crippen LogP contribution in [0.25, 0.3) is 0 Å². The topological polar surface area (TPSA) is 62.2 Å². The Morgan fingerprint density at radius 3 is 3.06 bits per heavy atom. The predicted octanol–water partition coefficient (Wildman–Crippen LogP) is 2.65. The number of carbonyl (C=O) groups is 1. The van der Waals surface area contributed by atoms with Crippen LogP contribution in [-0.4, -0.2) is 33.6 Å². The first kappa shape index (κ1) is 13.2. The van der Waals surface area contributed by atoms with Crippen molar-refractivity contribution in [3.8, 4) is 0 Å². The van der Waals surface area contributed by atoms with Crippen molar-refractivity contribution < 1.29 is 9.90 Å². The van der Waals surface area contributed by atoms with Crippen LogP contribution in [0.3, 0.4) is 0 Å².